The van der Waals surface area contributed by atoms with Gasteiger partial charge in [0.05, 0.1) is 6.10 Å². The van der Waals surface area contributed by atoms with Gasteiger partial charge in [0, 0.05) is 32.1 Å². The Morgan fingerprint density at radius 3 is 2.67 bits per heavy atom. The van der Waals surface area contributed by atoms with Crippen LogP contribution in [0.1, 0.15) is 12.0 Å². The molecule has 1 saturated heterocycles. The predicted octanol–water partition coefficient (Wildman–Crippen LogP) is 1.43. The smallest absolute Gasteiger partial charge is 0.0605 e. The topological polar surface area (TPSA) is 26.7 Å². The second-order valence-corrected chi connectivity index (χ2v) is 5.60. The maximum absolute atomic E-state index is 10.0. The Morgan fingerprint density at radius 1 is 1.28 bits per heavy atom. The first kappa shape index (κ1) is 13.5. The molecule has 18 heavy (non-hydrogen) atoms. The molecule has 0 amide bonds. The van der Waals surface area contributed by atoms with E-state index in [0.29, 0.717) is 5.92 Å². The lowest BCUT2D eigenvalue weighted by molar-refractivity contribution is 0.0131. The molecule has 0 spiro atoms. The van der Waals surface area contributed by atoms with E-state index in [1.165, 1.54) is 5.56 Å². The van der Waals surface area contributed by atoms with Gasteiger partial charge in [-0.25, -0.2) is 0 Å². The van der Waals surface area contributed by atoms with Crippen molar-refractivity contribution in [2.45, 2.75) is 19.1 Å². The largest absolute Gasteiger partial charge is 0.393 e. The van der Waals surface area contributed by atoms with Crippen LogP contribution in [0.25, 0.3) is 0 Å². The molecule has 1 N–H and O–H groups in total. The fourth-order valence-electron chi connectivity index (χ4n) is 2.73. The number of piperidine rings is 1. The molecule has 2 atom stereocenters. The highest BCUT2D eigenvalue weighted by Gasteiger charge is 2.27. The summed E-state index contributed by atoms with van der Waals surface area (Å²) in [4.78, 5) is 4.62. The molecule has 3 heteroatoms. The Morgan fingerprint density at radius 2 is 2.00 bits per heavy atom. The summed E-state index contributed by atoms with van der Waals surface area (Å²) in [7, 11) is 4.14. The normalized spacial score (nSPS) is 25.6. The third-order valence-electron chi connectivity index (χ3n) is 3.63. The van der Waals surface area contributed by atoms with Crippen LogP contribution in [-0.2, 0) is 6.54 Å². The van der Waals surface area contributed by atoms with Gasteiger partial charge >= 0.3 is 0 Å². The first-order valence-electron chi connectivity index (χ1n) is 6.74. The van der Waals surface area contributed by atoms with Gasteiger partial charge in [0.15, 0.2) is 0 Å². The summed E-state index contributed by atoms with van der Waals surface area (Å²) >= 11 is 0. The number of hydrogen-bond donors (Lipinski definition) is 1. The van der Waals surface area contributed by atoms with Crippen LogP contribution in [0.5, 0.6) is 0 Å². The molecule has 1 fully saturated rings. The number of aliphatic hydroxyl groups is 1. The van der Waals surface area contributed by atoms with Gasteiger partial charge < -0.3 is 10.0 Å². The predicted molar refractivity (Wildman–Crippen MR) is 74.4 cm³/mol. The Labute approximate surface area is 110 Å². The summed E-state index contributed by atoms with van der Waals surface area (Å²) in [6.07, 6.45) is 0.755. The lowest BCUT2D eigenvalue weighted by Gasteiger charge is -2.37. The SMILES string of the molecule is CN(C)C[C@H]1CN(Cc2ccccc2)CC[C@H]1O. The fourth-order valence-corrected chi connectivity index (χ4v) is 2.73. The minimum atomic E-state index is -0.139. The molecule has 0 bridgehead atoms. The number of hydrogen-bond acceptors (Lipinski definition) is 3. The third-order valence-corrected chi connectivity index (χ3v) is 3.63. The Bertz CT molecular complexity index is 353. The van der Waals surface area contributed by atoms with Crippen LogP contribution in [0, 0.1) is 5.92 Å². The quantitative estimate of drug-likeness (QED) is 0.873. The molecule has 1 aliphatic heterocycles. The minimum absolute atomic E-state index is 0.139. The molecular weight excluding hydrogens is 224 g/mol. The highest BCUT2D eigenvalue weighted by molar-refractivity contribution is 5.14. The van der Waals surface area contributed by atoms with Crippen molar-refractivity contribution in [3.8, 4) is 0 Å². The van der Waals surface area contributed by atoms with E-state index in [-0.39, 0.29) is 6.10 Å². The second-order valence-electron chi connectivity index (χ2n) is 5.60. The van der Waals surface area contributed by atoms with Crippen LogP contribution in [-0.4, -0.2) is 54.7 Å². The summed E-state index contributed by atoms with van der Waals surface area (Å²) in [5, 5.41) is 10.0. The van der Waals surface area contributed by atoms with Crippen LogP contribution < -0.4 is 0 Å². The van der Waals surface area contributed by atoms with Crippen LogP contribution >= 0.6 is 0 Å². The Hall–Kier alpha value is -0.900. The van der Waals surface area contributed by atoms with Gasteiger partial charge in [-0.2, -0.15) is 0 Å². The van der Waals surface area contributed by atoms with E-state index < -0.39 is 0 Å². The van der Waals surface area contributed by atoms with E-state index in [9.17, 15) is 5.11 Å². The van der Waals surface area contributed by atoms with Crippen LogP contribution in [0.4, 0.5) is 0 Å². The number of benzene rings is 1. The Kier molecular flexibility index (Phi) is 4.75. The molecule has 0 radical (unpaired) electrons. The van der Waals surface area contributed by atoms with Crippen molar-refractivity contribution in [2.24, 2.45) is 5.92 Å². The Balaban J connectivity index is 1.91. The highest BCUT2D eigenvalue weighted by Crippen LogP contribution is 2.19. The summed E-state index contributed by atoms with van der Waals surface area (Å²) < 4.78 is 0. The molecule has 0 unspecified atom stereocenters. The van der Waals surface area contributed by atoms with Gasteiger partial charge in [-0.05, 0) is 26.1 Å². The lowest BCUT2D eigenvalue weighted by atomic mass is 9.94. The number of likely N-dealkylation sites (tertiary alicyclic amines) is 1. The van der Waals surface area contributed by atoms with Gasteiger partial charge in [0.25, 0.3) is 0 Å². The van der Waals surface area contributed by atoms with Gasteiger partial charge in [-0.1, -0.05) is 30.3 Å². The molecule has 0 aliphatic carbocycles. The van der Waals surface area contributed by atoms with Gasteiger partial charge in [-0.3, -0.25) is 4.90 Å². The zero-order valence-electron chi connectivity index (χ0n) is 11.4. The lowest BCUT2D eigenvalue weighted by Crippen LogP contribution is -2.46. The molecule has 1 aromatic rings. The van der Waals surface area contributed by atoms with E-state index in [4.69, 9.17) is 0 Å². The molecule has 1 heterocycles. The van der Waals surface area contributed by atoms with Crippen LogP contribution in [0.15, 0.2) is 30.3 Å². The third kappa shape index (κ3) is 3.80. The average Bonchev–Trinajstić information content (AvgIpc) is 2.34. The molecule has 0 saturated carbocycles. The highest BCUT2D eigenvalue weighted by atomic mass is 16.3. The molecule has 1 aromatic carbocycles. The fraction of sp³-hybridized carbons (Fsp3) is 0.600. The second kappa shape index (κ2) is 6.32. The molecule has 0 aromatic heterocycles. The zero-order valence-corrected chi connectivity index (χ0v) is 11.4. The van der Waals surface area contributed by atoms with E-state index in [0.717, 1.165) is 32.6 Å². The van der Waals surface area contributed by atoms with E-state index >= 15 is 0 Å². The van der Waals surface area contributed by atoms with Crippen LogP contribution in [0.2, 0.25) is 0 Å². The summed E-state index contributed by atoms with van der Waals surface area (Å²) in [5.74, 6) is 0.373. The molecule has 100 valence electrons. The van der Waals surface area contributed by atoms with Crippen molar-refractivity contribution >= 4 is 0 Å². The van der Waals surface area contributed by atoms with Gasteiger partial charge in [-0.15, -0.1) is 0 Å². The number of nitrogens with zero attached hydrogens (tertiary/aromatic N) is 2. The van der Waals surface area contributed by atoms with E-state index in [1.807, 2.05) is 0 Å². The van der Waals surface area contributed by atoms with Crippen molar-refractivity contribution in [3.05, 3.63) is 35.9 Å². The van der Waals surface area contributed by atoms with Gasteiger partial charge in [0.1, 0.15) is 0 Å². The molecule has 2 rings (SSSR count). The molecule has 1 aliphatic rings. The number of rotatable bonds is 4. The van der Waals surface area contributed by atoms with Crippen LogP contribution in [0.3, 0.4) is 0 Å². The summed E-state index contributed by atoms with van der Waals surface area (Å²) in [6, 6.07) is 10.6. The van der Waals surface area contributed by atoms with Crippen molar-refractivity contribution in [3.63, 3.8) is 0 Å². The monoisotopic (exact) mass is 248 g/mol. The summed E-state index contributed by atoms with van der Waals surface area (Å²) in [5.41, 5.74) is 1.36. The maximum atomic E-state index is 10.0. The van der Waals surface area contributed by atoms with Crippen molar-refractivity contribution in [1.82, 2.24) is 9.80 Å². The maximum Gasteiger partial charge on any atom is 0.0605 e. The van der Waals surface area contributed by atoms with Crippen molar-refractivity contribution < 1.29 is 5.11 Å². The first-order valence-corrected chi connectivity index (χ1v) is 6.74. The van der Waals surface area contributed by atoms with E-state index in [1.54, 1.807) is 0 Å². The van der Waals surface area contributed by atoms with Gasteiger partial charge in [0.2, 0.25) is 0 Å². The van der Waals surface area contributed by atoms with Crippen molar-refractivity contribution in [2.75, 3.05) is 33.7 Å². The number of aliphatic hydroxyl groups excluding tert-OH is 1. The molecule has 3 nitrogen and oxygen atoms in total. The summed E-state index contributed by atoms with van der Waals surface area (Å²) in [6.45, 7) is 3.96. The standard InChI is InChI=1S/C15H24N2O/c1-16(2)11-14-12-17(9-8-15(14)18)10-13-6-4-3-5-7-13/h3-7,14-15,18H,8-12H2,1-2H3/t14-,15+/m0/s1. The van der Waals surface area contributed by atoms with Crippen molar-refractivity contribution in [1.29, 1.82) is 0 Å². The molecular formula is C15H24N2O. The first-order chi connectivity index (χ1) is 8.65. The minimum Gasteiger partial charge on any atom is -0.393 e. The van der Waals surface area contributed by atoms with E-state index in [2.05, 4.69) is 54.2 Å². The average molecular weight is 248 g/mol. The zero-order chi connectivity index (χ0) is 13.0.